The van der Waals surface area contributed by atoms with Crippen molar-refractivity contribution in [3.05, 3.63) is 29.3 Å². The van der Waals surface area contributed by atoms with Gasteiger partial charge in [0.25, 0.3) is 0 Å². The number of halogens is 1. The van der Waals surface area contributed by atoms with Crippen LogP contribution in [-0.2, 0) is 20.4 Å². The van der Waals surface area contributed by atoms with E-state index in [0.29, 0.717) is 24.4 Å². The lowest BCUT2D eigenvalue weighted by atomic mass is 9.89. The zero-order valence-corrected chi connectivity index (χ0v) is 16.4. The zero-order chi connectivity index (χ0) is 17.3. The van der Waals surface area contributed by atoms with Crippen molar-refractivity contribution in [1.29, 1.82) is 0 Å². The number of anilines is 1. The van der Waals surface area contributed by atoms with Crippen LogP contribution < -0.4 is 10.6 Å². The van der Waals surface area contributed by atoms with Crippen molar-refractivity contribution in [3.8, 4) is 0 Å². The Balaban J connectivity index is 0.00000225. The van der Waals surface area contributed by atoms with E-state index >= 15 is 0 Å². The van der Waals surface area contributed by atoms with Gasteiger partial charge in [-0.25, -0.2) is 8.42 Å². The Morgan fingerprint density at radius 2 is 1.88 bits per heavy atom. The van der Waals surface area contributed by atoms with Crippen LogP contribution in [0, 0.1) is 12.8 Å². The maximum Gasteiger partial charge on any atom is 0.224 e. The molecule has 2 atom stereocenters. The molecular weight excluding hydrogens is 360 g/mol. The van der Waals surface area contributed by atoms with E-state index in [1.165, 1.54) is 19.1 Å². The number of rotatable bonds is 5. The lowest BCUT2D eigenvalue weighted by Crippen LogP contribution is -2.39. The van der Waals surface area contributed by atoms with Gasteiger partial charge in [-0.3, -0.25) is 4.79 Å². The molecule has 1 aromatic carbocycles. The average Bonchev–Trinajstić information content (AvgIpc) is 2.81. The molecule has 2 saturated heterocycles. The van der Waals surface area contributed by atoms with Crippen molar-refractivity contribution in [1.82, 2.24) is 5.32 Å². The van der Waals surface area contributed by atoms with Crippen LogP contribution in [-0.4, -0.2) is 32.7 Å². The molecular formula is C18H27ClN2O3S. The fourth-order valence-corrected chi connectivity index (χ4v) is 4.94. The topological polar surface area (TPSA) is 75.3 Å². The van der Waals surface area contributed by atoms with E-state index in [0.717, 1.165) is 29.7 Å². The van der Waals surface area contributed by atoms with Gasteiger partial charge in [-0.15, -0.1) is 12.4 Å². The minimum Gasteiger partial charge on any atom is -0.326 e. The van der Waals surface area contributed by atoms with E-state index in [4.69, 9.17) is 0 Å². The van der Waals surface area contributed by atoms with Gasteiger partial charge in [-0.05, 0) is 55.7 Å². The van der Waals surface area contributed by atoms with E-state index in [1.807, 2.05) is 13.0 Å². The van der Waals surface area contributed by atoms with Crippen molar-refractivity contribution >= 4 is 33.8 Å². The minimum absolute atomic E-state index is 0. The molecule has 2 N–H and O–H groups in total. The standard InChI is InChI=1S/C18H26N2O3S.ClH/c1-12-14(11-24(2,22)23)4-3-5-17(12)20-18(21)10-13-8-15-6-7-16(9-13)19-15;/h3-5,13,15-16,19H,6-11H2,1-2H3,(H,20,21);1H. The normalized spacial score (nSPS) is 25.3. The van der Waals surface area contributed by atoms with Crippen LogP contribution in [0.4, 0.5) is 5.69 Å². The molecule has 2 heterocycles. The molecule has 7 heteroatoms. The Kier molecular flexibility index (Phi) is 6.51. The summed E-state index contributed by atoms with van der Waals surface area (Å²) in [6.45, 7) is 1.86. The number of amides is 1. The van der Waals surface area contributed by atoms with E-state index in [2.05, 4.69) is 10.6 Å². The molecule has 140 valence electrons. The predicted octanol–water partition coefficient (Wildman–Crippen LogP) is 2.82. The number of sulfone groups is 1. The van der Waals surface area contributed by atoms with Crippen LogP contribution in [0.1, 0.15) is 43.2 Å². The molecule has 1 amide bonds. The first-order valence-corrected chi connectivity index (χ1v) is 10.7. The van der Waals surface area contributed by atoms with Gasteiger partial charge in [-0.1, -0.05) is 12.1 Å². The molecule has 2 aliphatic heterocycles. The van der Waals surface area contributed by atoms with Gasteiger partial charge >= 0.3 is 0 Å². The molecule has 5 nitrogen and oxygen atoms in total. The Bertz CT molecular complexity index is 724. The number of piperidine rings is 1. The fourth-order valence-electron chi connectivity index (χ4n) is 4.06. The summed E-state index contributed by atoms with van der Waals surface area (Å²) in [4.78, 5) is 12.4. The summed E-state index contributed by atoms with van der Waals surface area (Å²) < 4.78 is 23.0. The zero-order valence-electron chi connectivity index (χ0n) is 14.7. The molecule has 2 fully saturated rings. The molecule has 2 unspecified atom stereocenters. The maximum absolute atomic E-state index is 12.4. The van der Waals surface area contributed by atoms with E-state index in [9.17, 15) is 13.2 Å². The Morgan fingerprint density at radius 3 is 2.48 bits per heavy atom. The Hall–Kier alpha value is -1.11. The minimum atomic E-state index is -3.09. The summed E-state index contributed by atoms with van der Waals surface area (Å²) >= 11 is 0. The number of carbonyl (C=O) groups is 1. The third kappa shape index (κ3) is 5.43. The number of carbonyl (C=O) groups excluding carboxylic acids is 1. The smallest absolute Gasteiger partial charge is 0.224 e. The number of fused-ring (bicyclic) bond motifs is 2. The van der Waals surface area contributed by atoms with Crippen LogP contribution in [0.3, 0.4) is 0 Å². The van der Waals surface area contributed by atoms with Crippen LogP contribution in [0.15, 0.2) is 18.2 Å². The van der Waals surface area contributed by atoms with E-state index in [-0.39, 0.29) is 24.1 Å². The lowest BCUT2D eigenvalue weighted by molar-refractivity contribution is -0.117. The van der Waals surface area contributed by atoms with E-state index < -0.39 is 9.84 Å². The highest BCUT2D eigenvalue weighted by Gasteiger charge is 2.34. The van der Waals surface area contributed by atoms with Gasteiger partial charge in [-0.2, -0.15) is 0 Å². The van der Waals surface area contributed by atoms with Gasteiger partial charge in [0.2, 0.25) is 5.91 Å². The first kappa shape index (κ1) is 20.2. The summed E-state index contributed by atoms with van der Waals surface area (Å²) in [5.74, 6) is 0.476. The van der Waals surface area contributed by atoms with Gasteiger partial charge in [0.1, 0.15) is 0 Å². The molecule has 2 aliphatic rings. The highest BCUT2D eigenvalue weighted by Crippen LogP contribution is 2.33. The second-order valence-electron chi connectivity index (χ2n) is 7.39. The van der Waals surface area contributed by atoms with Gasteiger partial charge < -0.3 is 10.6 Å². The van der Waals surface area contributed by atoms with Gasteiger partial charge in [0.15, 0.2) is 9.84 Å². The summed E-state index contributed by atoms with van der Waals surface area (Å²) in [5.41, 5.74) is 2.30. The van der Waals surface area contributed by atoms with Crippen LogP contribution >= 0.6 is 12.4 Å². The quantitative estimate of drug-likeness (QED) is 0.815. The van der Waals surface area contributed by atoms with Crippen LogP contribution in [0.5, 0.6) is 0 Å². The van der Waals surface area contributed by atoms with Crippen molar-refractivity contribution in [2.45, 2.75) is 56.9 Å². The molecule has 2 bridgehead atoms. The molecule has 3 rings (SSSR count). The molecule has 0 radical (unpaired) electrons. The van der Waals surface area contributed by atoms with Crippen molar-refractivity contribution in [2.24, 2.45) is 5.92 Å². The summed E-state index contributed by atoms with van der Waals surface area (Å²) in [6, 6.07) is 6.61. The SMILES string of the molecule is Cc1c(CS(C)(=O)=O)cccc1NC(=O)CC1CC2CCC(C1)N2.Cl. The number of nitrogens with one attached hydrogen (secondary N) is 2. The number of hydrogen-bond acceptors (Lipinski definition) is 4. The largest absolute Gasteiger partial charge is 0.326 e. The predicted molar refractivity (Wildman–Crippen MR) is 103 cm³/mol. The molecule has 0 aromatic heterocycles. The summed E-state index contributed by atoms with van der Waals surface area (Å²) in [7, 11) is -3.09. The summed E-state index contributed by atoms with van der Waals surface area (Å²) in [5, 5.41) is 6.57. The monoisotopic (exact) mass is 386 g/mol. The number of hydrogen-bond donors (Lipinski definition) is 2. The summed E-state index contributed by atoms with van der Waals surface area (Å²) in [6.07, 6.45) is 6.40. The lowest BCUT2D eigenvalue weighted by Gasteiger charge is -2.28. The highest BCUT2D eigenvalue weighted by molar-refractivity contribution is 7.89. The third-order valence-corrected chi connectivity index (χ3v) is 6.02. The van der Waals surface area contributed by atoms with Crippen molar-refractivity contribution in [2.75, 3.05) is 11.6 Å². The first-order chi connectivity index (χ1) is 11.3. The molecule has 0 saturated carbocycles. The van der Waals surface area contributed by atoms with Crippen LogP contribution in [0.25, 0.3) is 0 Å². The second-order valence-corrected chi connectivity index (χ2v) is 9.53. The first-order valence-electron chi connectivity index (χ1n) is 8.62. The molecule has 0 aliphatic carbocycles. The second kappa shape index (κ2) is 8.06. The molecule has 1 aromatic rings. The Morgan fingerprint density at radius 1 is 1.24 bits per heavy atom. The van der Waals surface area contributed by atoms with Crippen LogP contribution in [0.2, 0.25) is 0 Å². The van der Waals surface area contributed by atoms with Crippen molar-refractivity contribution in [3.63, 3.8) is 0 Å². The van der Waals surface area contributed by atoms with Gasteiger partial charge in [0.05, 0.1) is 5.75 Å². The molecule has 0 spiro atoms. The third-order valence-electron chi connectivity index (χ3n) is 5.18. The Labute approximate surface area is 156 Å². The van der Waals surface area contributed by atoms with Crippen molar-refractivity contribution < 1.29 is 13.2 Å². The average molecular weight is 387 g/mol. The maximum atomic E-state index is 12.4. The number of benzene rings is 1. The fraction of sp³-hybridized carbons (Fsp3) is 0.611. The van der Waals surface area contributed by atoms with Gasteiger partial charge in [0, 0.05) is 30.4 Å². The molecule has 25 heavy (non-hydrogen) atoms. The highest BCUT2D eigenvalue weighted by atomic mass is 35.5. The van der Waals surface area contributed by atoms with E-state index in [1.54, 1.807) is 12.1 Å².